The summed E-state index contributed by atoms with van der Waals surface area (Å²) in [7, 11) is 3.01. The molecule has 1 aromatic rings. The van der Waals surface area contributed by atoms with Gasteiger partial charge in [0.2, 0.25) is 5.91 Å². The summed E-state index contributed by atoms with van der Waals surface area (Å²) >= 11 is 0. The number of benzene rings is 1. The molecule has 23 heavy (non-hydrogen) atoms. The number of esters is 1. The van der Waals surface area contributed by atoms with Gasteiger partial charge in [-0.05, 0) is 30.5 Å². The zero-order valence-corrected chi connectivity index (χ0v) is 13.8. The van der Waals surface area contributed by atoms with Gasteiger partial charge < -0.3 is 15.4 Å². The topological polar surface area (TPSA) is 85.0 Å². The number of hydrogen-bond acceptors (Lipinski definition) is 5. The number of rotatable bonds is 5. The Morgan fingerprint density at radius 2 is 2.22 bits per heavy atom. The standard InChI is InChI=1S/C17H23N3O3/c1-4-11-5-6-15-12(9-11)14(19-2)10-16(21)20(15)8-7-13(18)17(22)23-3/h5-6,9,13H,4,7-8,10,18H2,1-3H3. The van der Waals surface area contributed by atoms with E-state index in [4.69, 9.17) is 5.73 Å². The average molecular weight is 317 g/mol. The summed E-state index contributed by atoms with van der Waals surface area (Å²) < 4.78 is 4.63. The first-order valence-corrected chi connectivity index (χ1v) is 7.74. The Bertz CT molecular complexity index is 640. The van der Waals surface area contributed by atoms with Crippen molar-refractivity contribution in [3.63, 3.8) is 0 Å². The minimum Gasteiger partial charge on any atom is -0.468 e. The molecule has 1 amide bonds. The van der Waals surface area contributed by atoms with Gasteiger partial charge in [0.15, 0.2) is 0 Å². The highest BCUT2D eigenvalue weighted by molar-refractivity contribution is 6.21. The fourth-order valence-corrected chi connectivity index (χ4v) is 2.72. The summed E-state index contributed by atoms with van der Waals surface area (Å²) in [5.41, 5.74) is 9.59. The van der Waals surface area contributed by atoms with Crippen LogP contribution in [0.2, 0.25) is 0 Å². The molecular formula is C17H23N3O3. The molecule has 1 aliphatic rings. The normalized spacial score (nSPS) is 17.1. The molecule has 0 bridgehead atoms. The maximum atomic E-state index is 12.4. The van der Waals surface area contributed by atoms with Crippen molar-refractivity contribution in [2.24, 2.45) is 10.7 Å². The van der Waals surface area contributed by atoms with Crippen molar-refractivity contribution in [2.45, 2.75) is 32.2 Å². The number of hydrogen-bond donors (Lipinski definition) is 1. The summed E-state index contributed by atoms with van der Waals surface area (Å²) in [6.07, 6.45) is 1.54. The molecule has 0 saturated heterocycles. The Balaban J connectivity index is 2.27. The van der Waals surface area contributed by atoms with E-state index in [1.54, 1.807) is 11.9 Å². The molecule has 0 aliphatic carbocycles. The van der Waals surface area contributed by atoms with E-state index in [1.165, 1.54) is 12.7 Å². The third-order valence-corrected chi connectivity index (χ3v) is 4.13. The van der Waals surface area contributed by atoms with Crippen molar-refractivity contribution in [1.29, 1.82) is 0 Å². The monoisotopic (exact) mass is 317 g/mol. The largest absolute Gasteiger partial charge is 0.468 e. The van der Waals surface area contributed by atoms with Gasteiger partial charge in [-0.15, -0.1) is 0 Å². The van der Waals surface area contributed by atoms with E-state index < -0.39 is 12.0 Å². The molecule has 2 rings (SSSR count). The molecule has 1 heterocycles. The van der Waals surface area contributed by atoms with Crippen LogP contribution >= 0.6 is 0 Å². The van der Waals surface area contributed by atoms with Gasteiger partial charge in [-0.25, -0.2) is 0 Å². The van der Waals surface area contributed by atoms with Crippen LogP contribution < -0.4 is 10.6 Å². The van der Waals surface area contributed by atoms with Gasteiger partial charge in [-0.2, -0.15) is 0 Å². The second kappa shape index (κ2) is 7.37. The third kappa shape index (κ3) is 3.59. The molecule has 1 atom stereocenters. The molecule has 6 heteroatoms. The maximum Gasteiger partial charge on any atom is 0.322 e. The SMILES string of the molecule is CCc1ccc2c(c1)C(=NC)CC(=O)N2CCC(N)C(=O)OC. The Labute approximate surface area is 136 Å². The lowest BCUT2D eigenvalue weighted by molar-refractivity contribution is -0.142. The van der Waals surface area contributed by atoms with Crippen LogP contribution in [0.25, 0.3) is 0 Å². The van der Waals surface area contributed by atoms with Gasteiger partial charge >= 0.3 is 5.97 Å². The molecule has 0 aromatic heterocycles. The molecule has 0 fully saturated rings. The van der Waals surface area contributed by atoms with Gasteiger partial charge in [0.25, 0.3) is 0 Å². The lowest BCUT2D eigenvalue weighted by Gasteiger charge is -2.31. The summed E-state index contributed by atoms with van der Waals surface area (Å²) in [5.74, 6) is -0.494. The van der Waals surface area contributed by atoms with Gasteiger partial charge in [-0.3, -0.25) is 14.6 Å². The first-order valence-electron chi connectivity index (χ1n) is 7.74. The number of nitrogens with two attached hydrogens (primary N) is 1. The quantitative estimate of drug-likeness (QED) is 0.829. The molecular weight excluding hydrogens is 294 g/mol. The van der Waals surface area contributed by atoms with Crippen molar-refractivity contribution in [2.75, 3.05) is 25.6 Å². The van der Waals surface area contributed by atoms with Crippen LogP contribution in [0.4, 0.5) is 5.69 Å². The van der Waals surface area contributed by atoms with E-state index in [-0.39, 0.29) is 12.3 Å². The number of amides is 1. The fourth-order valence-electron chi connectivity index (χ4n) is 2.72. The zero-order chi connectivity index (χ0) is 17.0. The summed E-state index contributed by atoms with van der Waals surface area (Å²) in [5, 5.41) is 0. The van der Waals surface area contributed by atoms with E-state index in [0.717, 1.165) is 23.4 Å². The first kappa shape index (κ1) is 17.1. The van der Waals surface area contributed by atoms with E-state index in [1.807, 2.05) is 12.1 Å². The van der Waals surface area contributed by atoms with Crippen LogP contribution in [0.5, 0.6) is 0 Å². The number of aliphatic imine (C=N–C) groups is 1. The van der Waals surface area contributed by atoms with Gasteiger partial charge in [0.05, 0.1) is 24.9 Å². The van der Waals surface area contributed by atoms with E-state index >= 15 is 0 Å². The summed E-state index contributed by atoms with van der Waals surface area (Å²) in [6.45, 7) is 2.47. The Morgan fingerprint density at radius 3 is 2.83 bits per heavy atom. The van der Waals surface area contributed by atoms with Crippen LogP contribution in [-0.4, -0.2) is 44.3 Å². The summed E-state index contributed by atoms with van der Waals surface area (Å²) in [4.78, 5) is 29.8. The molecule has 0 spiro atoms. The highest BCUT2D eigenvalue weighted by Crippen LogP contribution is 2.29. The highest BCUT2D eigenvalue weighted by atomic mass is 16.5. The smallest absolute Gasteiger partial charge is 0.322 e. The van der Waals surface area contributed by atoms with E-state index in [2.05, 4.69) is 22.7 Å². The average Bonchev–Trinajstić information content (AvgIpc) is 2.58. The van der Waals surface area contributed by atoms with Crippen LogP contribution in [0.3, 0.4) is 0 Å². The van der Waals surface area contributed by atoms with Crippen molar-refractivity contribution >= 4 is 23.3 Å². The molecule has 0 radical (unpaired) electrons. The molecule has 1 aliphatic heterocycles. The van der Waals surface area contributed by atoms with E-state index in [0.29, 0.717) is 13.0 Å². The van der Waals surface area contributed by atoms with Crippen LogP contribution in [0.1, 0.15) is 30.9 Å². The van der Waals surface area contributed by atoms with E-state index in [9.17, 15) is 9.59 Å². The van der Waals surface area contributed by atoms with Crippen LogP contribution in [0, 0.1) is 0 Å². The zero-order valence-electron chi connectivity index (χ0n) is 13.8. The predicted molar refractivity (Wildman–Crippen MR) is 89.9 cm³/mol. The predicted octanol–water partition coefficient (Wildman–Crippen LogP) is 1.29. The van der Waals surface area contributed by atoms with Gasteiger partial charge in [0.1, 0.15) is 6.04 Å². The highest BCUT2D eigenvalue weighted by Gasteiger charge is 2.29. The van der Waals surface area contributed by atoms with Crippen molar-refractivity contribution in [1.82, 2.24) is 0 Å². The molecule has 124 valence electrons. The molecule has 6 nitrogen and oxygen atoms in total. The summed E-state index contributed by atoms with van der Waals surface area (Å²) in [6, 6.07) is 5.31. The Hall–Kier alpha value is -2.21. The van der Waals surface area contributed by atoms with Crippen molar-refractivity contribution < 1.29 is 14.3 Å². The minimum absolute atomic E-state index is 0.0283. The van der Waals surface area contributed by atoms with Crippen LogP contribution in [-0.2, 0) is 20.7 Å². The second-order valence-corrected chi connectivity index (χ2v) is 5.52. The number of methoxy groups -OCH3 is 1. The molecule has 2 N–H and O–H groups in total. The molecule has 0 saturated carbocycles. The second-order valence-electron chi connectivity index (χ2n) is 5.52. The van der Waals surface area contributed by atoms with Crippen molar-refractivity contribution in [3.8, 4) is 0 Å². The fraction of sp³-hybridized carbons (Fsp3) is 0.471. The number of carbonyl (C=O) groups excluding carboxylic acids is 2. The number of carbonyl (C=O) groups is 2. The maximum absolute atomic E-state index is 12.4. The lowest BCUT2D eigenvalue weighted by Crippen LogP contribution is -2.42. The lowest BCUT2D eigenvalue weighted by atomic mass is 9.95. The van der Waals surface area contributed by atoms with Gasteiger partial charge in [-0.1, -0.05) is 13.0 Å². The number of ether oxygens (including phenoxy) is 1. The van der Waals surface area contributed by atoms with Gasteiger partial charge in [0, 0.05) is 19.2 Å². The Morgan fingerprint density at radius 1 is 1.48 bits per heavy atom. The van der Waals surface area contributed by atoms with Crippen LogP contribution in [0.15, 0.2) is 23.2 Å². The molecule has 1 aromatic carbocycles. The third-order valence-electron chi connectivity index (χ3n) is 4.13. The Kier molecular flexibility index (Phi) is 5.50. The number of fused-ring (bicyclic) bond motifs is 1. The number of aryl methyl sites for hydroxylation is 1. The van der Waals surface area contributed by atoms with Crippen molar-refractivity contribution in [3.05, 3.63) is 29.3 Å². The molecule has 1 unspecified atom stereocenters. The number of nitrogens with zero attached hydrogens (tertiary/aromatic N) is 2. The number of anilines is 1. The minimum atomic E-state index is -0.729. The first-order chi connectivity index (χ1) is 11.0.